The monoisotopic (exact) mass is 522 g/mol. The Bertz CT molecular complexity index is 1200. The second kappa shape index (κ2) is 12.5. The van der Waals surface area contributed by atoms with Crippen LogP contribution in [-0.4, -0.2) is 28.5 Å². The van der Waals surface area contributed by atoms with Crippen molar-refractivity contribution in [2.75, 3.05) is 0 Å². The van der Waals surface area contributed by atoms with Crippen LogP contribution in [0.5, 0.6) is 0 Å². The Morgan fingerprint density at radius 1 is 1.18 bits per heavy atom. The molecule has 1 heterocycles. The summed E-state index contributed by atoms with van der Waals surface area (Å²) in [6.45, 7) is 6.45. The number of aromatic amines is 1. The summed E-state index contributed by atoms with van der Waals surface area (Å²) in [5.74, 6) is 0.278. The summed E-state index contributed by atoms with van der Waals surface area (Å²) < 4.78 is 19.8. The maximum absolute atomic E-state index is 13.9. The van der Waals surface area contributed by atoms with Crippen molar-refractivity contribution in [3.05, 3.63) is 65.7 Å². The number of H-pyrrole nitrogens is 1. The van der Waals surface area contributed by atoms with E-state index in [2.05, 4.69) is 20.6 Å². The van der Waals surface area contributed by atoms with Gasteiger partial charge < -0.3 is 20.4 Å². The normalized spacial score (nSPS) is 16.7. The van der Waals surface area contributed by atoms with Crippen LogP contribution in [0.1, 0.15) is 76.7 Å². The molecule has 4 rings (SSSR count). The first-order valence-corrected chi connectivity index (χ1v) is 13.5. The van der Waals surface area contributed by atoms with E-state index in [9.17, 15) is 14.0 Å². The molecule has 1 saturated carbocycles. The Hall–Kier alpha value is -3.26. The van der Waals surface area contributed by atoms with Crippen molar-refractivity contribution in [2.24, 2.45) is 17.3 Å². The molecular formula is C30H39FN4O3. The zero-order valence-corrected chi connectivity index (χ0v) is 22.5. The number of benzene rings is 2. The fourth-order valence-corrected chi connectivity index (χ4v) is 5.34. The van der Waals surface area contributed by atoms with Crippen molar-refractivity contribution in [3.8, 4) is 0 Å². The van der Waals surface area contributed by atoms with E-state index in [4.69, 9.17) is 4.74 Å². The van der Waals surface area contributed by atoms with E-state index in [0.717, 1.165) is 24.8 Å². The standard InChI is InChI=1S/C30H39FN4O3/c1-30(2,3)27(28-33-24-14-13-23(31)17-25(24)34-28)35-29(37)22(15-20-9-7-8-10-20)16-26(32-19-36)38-18-21-11-5-4-6-12-21/h4-6,11-14,17,19-20,22,26-27H,7-10,15-16,18H2,1-3H3,(H,32,36)(H,33,34)(H,35,37)/t22-,26?,27-/m1/s1. The van der Waals surface area contributed by atoms with E-state index in [1.807, 2.05) is 51.1 Å². The predicted molar refractivity (Wildman–Crippen MR) is 145 cm³/mol. The van der Waals surface area contributed by atoms with E-state index in [1.54, 1.807) is 6.07 Å². The lowest BCUT2D eigenvalue weighted by molar-refractivity contribution is -0.130. The van der Waals surface area contributed by atoms with Gasteiger partial charge in [-0.15, -0.1) is 0 Å². The average Bonchev–Trinajstić information content (AvgIpc) is 3.54. The molecule has 2 amide bonds. The van der Waals surface area contributed by atoms with Crippen LogP contribution in [0.25, 0.3) is 11.0 Å². The third kappa shape index (κ3) is 7.40. The highest BCUT2D eigenvalue weighted by Gasteiger charge is 2.35. The van der Waals surface area contributed by atoms with Gasteiger partial charge in [0.2, 0.25) is 12.3 Å². The number of nitrogens with one attached hydrogen (secondary N) is 3. The van der Waals surface area contributed by atoms with Gasteiger partial charge in [-0.1, -0.05) is 76.8 Å². The third-order valence-electron chi connectivity index (χ3n) is 7.40. The molecular weight excluding hydrogens is 483 g/mol. The highest BCUT2D eigenvalue weighted by atomic mass is 19.1. The molecule has 0 saturated heterocycles. The van der Waals surface area contributed by atoms with Crippen molar-refractivity contribution in [1.82, 2.24) is 20.6 Å². The Balaban J connectivity index is 1.53. The van der Waals surface area contributed by atoms with Crippen LogP contribution in [0.4, 0.5) is 4.39 Å². The van der Waals surface area contributed by atoms with E-state index in [0.29, 0.717) is 42.2 Å². The van der Waals surface area contributed by atoms with Gasteiger partial charge in [-0.2, -0.15) is 0 Å². The second-order valence-corrected chi connectivity index (χ2v) is 11.5. The van der Waals surface area contributed by atoms with Gasteiger partial charge in [-0.3, -0.25) is 9.59 Å². The van der Waals surface area contributed by atoms with Crippen LogP contribution in [0.3, 0.4) is 0 Å². The lowest BCUT2D eigenvalue weighted by atomic mass is 9.84. The van der Waals surface area contributed by atoms with Crippen LogP contribution in [-0.2, 0) is 20.9 Å². The molecule has 2 aromatic carbocycles. The highest BCUT2D eigenvalue weighted by Crippen LogP contribution is 2.35. The fraction of sp³-hybridized carbons (Fsp3) is 0.500. The number of carbonyl (C=O) groups excluding carboxylic acids is 2. The summed E-state index contributed by atoms with van der Waals surface area (Å²) in [5.41, 5.74) is 1.88. The molecule has 0 bridgehead atoms. The maximum atomic E-state index is 13.9. The molecule has 3 aromatic rings. The number of hydrogen-bond donors (Lipinski definition) is 3. The zero-order valence-electron chi connectivity index (χ0n) is 22.5. The molecule has 0 spiro atoms. The molecule has 204 valence electrons. The summed E-state index contributed by atoms with van der Waals surface area (Å²) in [7, 11) is 0. The number of carbonyl (C=O) groups is 2. The van der Waals surface area contributed by atoms with E-state index in [1.165, 1.54) is 25.0 Å². The molecule has 0 radical (unpaired) electrons. The number of halogens is 1. The van der Waals surface area contributed by atoms with Crippen molar-refractivity contribution in [2.45, 2.75) is 78.2 Å². The van der Waals surface area contributed by atoms with Gasteiger partial charge in [-0.05, 0) is 41.5 Å². The zero-order chi connectivity index (χ0) is 27.1. The third-order valence-corrected chi connectivity index (χ3v) is 7.40. The number of ether oxygens (including phenoxy) is 1. The molecule has 0 aliphatic heterocycles. The maximum Gasteiger partial charge on any atom is 0.223 e. The Morgan fingerprint density at radius 2 is 1.92 bits per heavy atom. The van der Waals surface area contributed by atoms with Gasteiger partial charge >= 0.3 is 0 Å². The van der Waals surface area contributed by atoms with Crippen molar-refractivity contribution >= 4 is 23.4 Å². The highest BCUT2D eigenvalue weighted by molar-refractivity contribution is 5.80. The summed E-state index contributed by atoms with van der Waals surface area (Å²) >= 11 is 0. The Labute approximate surface area is 223 Å². The van der Waals surface area contributed by atoms with Gasteiger partial charge in [0.15, 0.2) is 0 Å². The largest absolute Gasteiger partial charge is 0.354 e. The van der Waals surface area contributed by atoms with Crippen molar-refractivity contribution in [3.63, 3.8) is 0 Å². The number of aromatic nitrogens is 2. The van der Waals surface area contributed by atoms with Crippen LogP contribution >= 0.6 is 0 Å². The minimum absolute atomic E-state index is 0.0931. The minimum atomic E-state index is -0.591. The smallest absolute Gasteiger partial charge is 0.223 e. The van der Waals surface area contributed by atoms with Crippen LogP contribution in [0.15, 0.2) is 48.5 Å². The molecule has 8 heteroatoms. The van der Waals surface area contributed by atoms with E-state index in [-0.39, 0.29) is 23.1 Å². The van der Waals surface area contributed by atoms with Gasteiger partial charge in [0, 0.05) is 12.3 Å². The van der Waals surface area contributed by atoms with Crippen LogP contribution in [0, 0.1) is 23.1 Å². The van der Waals surface area contributed by atoms with Gasteiger partial charge in [0.1, 0.15) is 17.9 Å². The summed E-state index contributed by atoms with van der Waals surface area (Å²) in [5, 5.41) is 6.01. The van der Waals surface area contributed by atoms with Gasteiger partial charge in [0.25, 0.3) is 0 Å². The number of amides is 2. The lowest BCUT2D eigenvalue weighted by Crippen LogP contribution is -2.43. The van der Waals surface area contributed by atoms with Crippen molar-refractivity contribution in [1.29, 1.82) is 0 Å². The molecule has 1 aliphatic rings. The second-order valence-electron chi connectivity index (χ2n) is 11.5. The first-order chi connectivity index (χ1) is 18.2. The van der Waals surface area contributed by atoms with Crippen LogP contribution in [0.2, 0.25) is 0 Å². The van der Waals surface area contributed by atoms with Crippen molar-refractivity contribution < 1.29 is 18.7 Å². The molecule has 3 atom stereocenters. The minimum Gasteiger partial charge on any atom is -0.354 e. The molecule has 38 heavy (non-hydrogen) atoms. The number of rotatable bonds is 12. The number of imidazole rings is 1. The first kappa shape index (κ1) is 27.8. The summed E-state index contributed by atoms with van der Waals surface area (Å²) in [6.07, 6.45) is 5.73. The van der Waals surface area contributed by atoms with E-state index >= 15 is 0 Å². The average molecular weight is 523 g/mol. The van der Waals surface area contributed by atoms with Gasteiger partial charge in [0.05, 0.1) is 23.7 Å². The molecule has 1 aliphatic carbocycles. The molecule has 3 N–H and O–H groups in total. The number of fused-ring (bicyclic) bond motifs is 1. The van der Waals surface area contributed by atoms with E-state index < -0.39 is 12.3 Å². The number of nitrogens with zero attached hydrogens (tertiary/aromatic N) is 1. The molecule has 1 aromatic heterocycles. The first-order valence-electron chi connectivity index (χ1n) is 13.5. The predicted octanol–water partition coefficient (Wildman–Crippen LogP) is 5.78. The summed E-state index contributed by atoms with van der Waals surface area (Å²) in [6, 6.07) is 13.8. The Kier molecular flexibility index (Phi) is 9.15. The summed E-state index contributed by atoms with van der Waals surface area (Å²) in [4.78, 5) is 33.1. The number of hydrogen-bond acceptors (Lipinski definition) is 4. The van der Waals surface area contributed by atoms with Gasteiger partial charge in [-0.25, -0.2) is 9.37 Å². The molecule has 7 nitrogen and oxygen atoms in total. The van der Waals surface area contributed by atoms with Crippen LogP contribution < -0.4 is 10.6 Å². The topological polar surface area (TPSA) is 96.1 Å². The molecule has 1 fully saturated rings. The quantitative estimate of drug-likeness (QED) is 0.208. The lowest BCUT2D eigenvalue weighted by Gasteiger charge is -2.32. The molecule has 1 unspecified atom stereocenters. The fourth-order valence-electron chi connectivity index (χ4n) is 5.34. The SMILES string of the molecule is CC(C)(C)[C@H](NC(=O)[C@H](CC1CCCC1)CC(NC=O)OCc1ccccc1)c1nc2ccc(F)cc2[nH]1. The Morgan fingerprint density at radius 3 is 2.61 bits per heavy atom.